The predicted octanol–water partition coefficient (Wildman–Crippen LogP) is 0.224. The molecular weight excluding hydrogens is 252 g/mol. The summed E-state index contributed by atoms with van der Waals surface area (Å²) in [5.74, 6) is 0.255. The Bertz CT molecular complexity index is 318. The molecule has 0 spiro atoms. The number of amides is 1. The van der Waals surface area contributed by atoms with Crippen molar-refractivity contribution in [2.24, 2.45) is 0 Å². The average molecular weight is 282 g/mol. The molecule has 1 amide bonds. The van der Waals surface area contributed by atoms with Crippen LogP contribution in [0.1, 0.15) is 25.7 Å². The van der Waals surface area contributed by atoms with Crippen molar-refractivity contribution >= 4 is 5.91 Å². The Morgan fingerprint density at radius 2 is 1.75 bits per heavy atom. The van der Waals surface area contributed by atoms with E-state index < -0.39 is 0 Å². The fraction of sp³-hybridized carbons (Fsp3) is 0.933. The summed E-state index contributed by atoms with van der Waals surface area (Å²) in [5.41, 5.74) is 0.266. The average Bonchev–Trinajstić information content (AvgIpc) is 2.89. The summed E-state index contributed by atoms with van der Waals surface area (Å²) < 4.78 is 0. The van der Waals surface area contributed by atoms with Crippen molar-refractivity contribution in [2.45, 2.75) is 31.2 Å². The van der Waals surface area contributed by atoms with Crippen LogP contribution in [0.2, 0.25) is 0 Å². The molecule has 2 aliphatic rings. The van der Waals surface area contributed by atoms with Gasteiger partial charge in [-0.15, -0.1) is 0 Å². The van der Waals surface area contributed by atoms with Crippen LogP contribution >= 0.6 is 0 Å². The van der Waals surface area contributed by atoms with Gasteiger partial charge in [-0.25, -0.2) is 0 Å². The molecule has 1 saturated carbocycles. The van der Waals surface area contributed by atoms with E-state index in [4.69, 9.17) is 0 Å². The first kappa shape index (κ1) is 15.7. The molecule has 0 atom stereocenters. The van der Waals surface area contributed by atoms with Crippen molar-refractivity contribution in [2.75, 3.05) is 60.4 Å². The minimum absolute atomic E-state index is 0.255. The maximum atomic E-state index is 12.2. The van der Waals surface area contributed by atoms with Gasteiger partial charge in [0.15, 0.2) is 0 Å². The molecule has 5 heteroatoms. The third-order valence-electron chi connectivity index (χ3n) is 5.07. The molecule has 1 saturated heterocycles. The molecule has 0 radical (unpaired) electrons. The van der Waals surface area contributed by atoms with E-state index >= 15 is 0 Å². The number of nitrogens with zero attached hydrogens (tertiary/aromatic N) is 3. The van der Waals surface area contributed by atoms with Gasteiger partial charge in [0, 0.05) is 38.3 Å². The minimum atomic E-state index is 0.255. The van der Waals surface area contributed by atoms with Gasteiger partial charge in [-0.05, 0) is 34.0 Å². The van der Waals surface area contributed by atoms with Crippen molar-refractivity contribution in [1.29, 1.82) is 0 Å². The second kappa shape index (κ2) is 6.87. The second-order valence-electron chi connectivity index (χ2n) is 6.61. The van der Waals surface area contributed by atoms with E-state index in [1.54, 1.807) is 0 Å². The zero-order valence-corrected chi connectivity index (χ0v) is 13.3. The third kappa shape index (κ3) is 3.71. The van der Waals surface area contributed by atoms with Gasteiger partial charge >= 0.3 is 0 Å². The molecule has 1 aliphatic carbocycles. The molecule has 0 bridgehead atoms. The topological polar surface area (TPSA) is 38.8 Å². The van der Waals surface area contributed by atoms with Crippen molar-refractivity contribution in [1.82, 2.24) is 20.0 Å². The number of rotatable bonds is 5. The van der Waals surface area contributed by atoms with Gasteiger partial charge in [-0.1, -0.05) is 12.8 Å². The molecule has 0 aromatic rings. The Morgan fingerprint density at radius 3 is 2.30 bits per heavy atom. The van der Waals surface area contributed by atoms with E-state index in [1.165, 1.54) is 25.7 Å². The highest BCUT2D eigenvalue weighted by molar-refractivity contribution is 5.78. The van der Waals surface area contributed by atoms with Crippen molar-refractivity contribution in [3.05, 3.63) is 0 Å². The quantitative estimate of drug-likeness (QED) is 0.783. The lowest BCUT2D eigenvalue weighted by atomic mass is 9.96. The standard InChI is InChI=1S/C15H30N4O/c1-17(2)15(6-4-5-7-15)13-16-12-14(20)19-10-8-18(3)9-11-19/h16H,4-13H2,1-3H3. The van der Waals surface area contributed by atoms with E-state index in [2.05, 4.69) is 36.3 Å². The van der Waals surface area contributed by atoms with Gasteiger partial charge in [0.25, 0.3) is 0 Å². The molecule has 1 N–H and O–H groups in total. The molecule has 0 aromatic carbocycles. The van der Waals surface area contributed by atoms with Crippen LogP contribution in [0.3, 0.4) is 0 Å². The normalized spacial score (nSPS) is 23.5. The van der Waals surface area contributed by atoms with Gasteiger partial charge in [-0.2, -0.15) is 0 Å². The highest BCUT2D eigenvalue weighted by Crippen LogP contribution is 2.32. The van der Waals surface area contributed by atoms with Crippen LogP contribution in [0.5, 0.6) is 0 Å². The number of piperazine rings is 1. The van der Waals surface area contributed by atoms with Crippen molar-refractivity contribution < 1.29 is 4.79 Å². The molecule has 1 heterocycles. The summed E-state index contributed by atoms with van der Waals surface area (Å²) in [6.07, 6.45) is 5.12. The summed E-state index contributed by atoms with van der Waals surface area (Å²) >= 11 is 0. The lowest BCUT2D eigenvalue weighted by Crippen LogP contribution is -2.53. The first-order chi connectivity index (χ1) is 9.53. The third-order valence-corrected chi connectivity index (χ3v) is 5.07. The number of hydrogen-bond donors (Lipinski definition) is 1. The molecule has 1 aliphatic heterocycles. The molecule has 116 valence electrons. The molecule has 2 rings (SSSR count). The molecule has 0 aromatic heterocycles. The van der Waals surface area contributed by atoms with Crippen LogP contribution in [0.15, 0.2) is 0 Å². The highest BCUT2D eigenvalue weighted by atomic mass is 16.2. The predicted molar refractivity (Wildman–Crippen MR) is 81.8 cm³/mol. The number of likely N-dealkylation sites (N-methyl/N-ethyl adjacent to an activating group) is 2. The highest BCUT2D eigenvalue weighted by Gasteiger charge is 2.35. The van der Waals surface area contributed by atoms with Crippen LogP contribution < -0.4 is 5.32 Å². The van der Waals surface area contributed by atoms with E-state index in [0.717, 1.165) is 32.7 Å². The number of nitrogens with one attached hydrogen (secondary N) is 1. The number of carbonyl (C=O) groups is 1. The zero-order chi connectivity index (χ0) is 14.6. The van der Waals surface area contributed by atoms with Gasteiger partial charge in [0.1, 0.15) is 0 Å². The van der Waals surface area contributed by atoms with Crippen LogP contribution in [0, 0.1) is 0 Å². The summed E-state index contributed by atoms with van der Waals surface area (Å²) in [6, 6.07) is 0. The van der Waals surface area contributed by atoms with E-state index in [-0.39, 0.29) is 11.4 Å². The van der Waals surface area contributed by atoms with Gasteiger partial charge in [-0.3, -0.25) is 4.79 Å². The first-order valence-electron chi connectivity index (χ1n) is 7.88. The molecule has 2 fully saturated rings. The maximum Gasteiger partial charge on any atom is 0.236 e. The number of carbonyl (C=O) groups excluding carboxylic acids is 1. The monoisotopic (exact) mass is 282 g/mol. The summed E-state index contributed by atoms with van der Waals surface area (Å²) in [6.45, 7) is 5.14. The van der Waals surface area contributed by atoms with Crippen LogP contribution in [0.25, 0.3) is 0 Å². The van der Waals surface area contributed by atoms with E-state index in [9.17, 15) is 4.79 Å². The zero-order valence-electron chi connectivity index (χ0n) is 13.3. The molecule has 20 heavy (non-hydrogen) atoms. The Hall–Kier alpha value is -0.650. The van der Waals surface area contributed by atoms with Crippen molar-refractivity contribution in [3.63, 3.8) is 0 Å². The molecular formula is C15H30N4O. The molecule has 0 unspecified atom stereocenters. The van der Waals surface area contributed by atoms with Crippen LogP contribution in [0.4, 0.5) is 0 Å². The van der Waals surface area contributed by atoms with Gasteiger partial charge in [0.05, 0.1) is 6.54 Å². The maximum absolute atomic E-state index is 12.2. The second-order valence-corrected chi connectivity index (χ2v) is 6.61. The minimum Gasteiger partial charge on any atom is -0.339 e. The largest absolute Gasteiger partial charge is 0.339 e. The van der Waals surface area contributed by atoms with E-state index in [0.29, 0.717) is 6.54 Å². The molecule has 5 nitrogen and oxygen atoms in total. The Balaban J connectivity index is 1.73. The number of hydrogen-bond acceptors (Lipinski definition) is 4. The van der Waals surface area contributed by atoms with Gasteiger partial charge < -0.3 is 20.0 Å². The SMILES string of the molecule is CN1CCN(C(=O)CNCC2(N(C)C)CCCC2)CC1. The van der Waals surface area contributed by atoms with E-state index in [1.807, 2.05) is 4.90 Å². The summed E-state index contributed by atoms with van der Waals surface area (Å²) in [5, 5.41) is 3.41. The van der Waals surface area contributed by atoms with Gasteiger partial charge in [0.2, 0.25) is 5.91 Å². The lowest BCUT2D eigenvalue weighted by molar-refractivity contribution is -0.131. The Morgan fingerprint density at radius 1 is 1.15 bits per heavy atom. The van der Waals surface area contributed by atoms with Crippen molar-refractivity contribution in [3.8, 4) is 0 Å². The fourth-order valence-electron chi connectivity index (χ4n) is 3.38. The fourth-order valence-corrected chi connectivity index (χ4v) is 3.38. The first-order valence-corrected chi connectivity index (χ1v) is 7.88. The Labute approximate surface area is 123 Å². The summed E-state index contributed by atoms with van der Waals surface area (Å²) in [4.78, 5) is 18.8. The summed E-state index contributed by atoms with van der Waals surface area (Å²) in [7, 11) is 6.44. The van der Waals surface area contributed by atoms with Crippen LogP contribution in [-0.2, 0) is 4.79 Å². The Kier molecular flexibility index (Phi) is 5.41. The lowest BCUT2D eigenvalue weighted by Gasteiger charge is -2.37. The van der Waals surface area contributed by atoms with Crippen LogP contribution in [-0.4, -0.2) is 86.6 Å². The smallest absolute Gasteiger partial charge is 0.236 e.